The van der Waals surface area contributed by atoms with Crippen LogP contribution in [0.4, 0.5) is 0 Å². The first kappa shape index (κ1) is 16.5. The summed E-state index contributed by atoms with van der Waals surface area (Å²) in [5.41, 5.74) is 0. The summed E-state index contributed by atoms with van der Waals surface area (Å²) in [7, 11) is 2.09. The van der Waals surface area contributed by atoms with E-state index in [1.54, 1.807) is 0 Å². The molecule has 0 fully saturated rings. The van der Waals surface area contributed by atoms with Gasteiger partial charge in [-0.1, -0.05) is 41.0 Å². The Morgan fingerprint density at radius 3 is 1.30 bits per heavy atom. The summed E-state index contributed by atoms with van der Waals surface area (Å²) in [4.78, 5) is 0. The molecule has 0 aliphatic carbocycles. The third kappa shape index (κ3) is 100. The van der Waals surface area contributed by atoms with Gasteiger partial charge in [-0.2, -0.15) is 0 Å². The van der Waals surface area contributed by atoms with E-state index in [0.717, 1.165) is 0 Å². The summed E-state index contributed by atoms with van der Waals surface area (Å²) < 4.78 is 0. The van der Waals surface area contributed by atoms with E-state index in [0.29, 0.717) is 0 Å². The van der Waals surface area contributed by atoms with Gasteiger partial charge < -0.3 is 5.32 Å². The van der Waals surface area contributed by atoms with Crippen molar-refractivity contribution in [2.45, 2.75) is 47.5 Å². The summed E-state index contributed by atoms with van der Waals surface area (Å²) in [6, 6.07) is 0. The molecule has 0 atom stereocenters. The van der Waals surface area contributed by atoms with Crippen LogP contribution in [0.25, 0.3) is 0 Å². The van der Waals surface area contributed by atoms with Gasteiger partial charge in [0.25, 0.3) is 0 Å². The lowest BCUT2D eigenvalue weighted by Crippen LogP contribution is -2.79. The van der Waals surface area contributed by atoms with E-state index in [1.165, 1.54) is 19.4 Å². The topological polar surface area (TPSA) is 16.6 Å². The fourth-order valence-corrected chi connectivity index (χ4v) is 0.289. The van der Waals surface area contributed by atoms with Crippen LogP contribution in [-0.2, 0) is 0 Å². The number of hydrogen-bond donors (Lipinski definition) is 1. The van der Waals surface area contributed by atoms with Gasteiger partial charge >= 0.3 is 0 Å². The fraction of sp³-hybridized carbons (Fsp3) is 1.00. The molecule has 0 heterocycles. The van der Waals surface area contributed by atoms with Gasteiger partial charge in [0.15, 0.2) is 0 Å². The first-order valence-corrected chi connectivity index (χ1v) is 4.61. The lowest BCUT2D eigenvalue weighted by Gasteiger charge is -1.81. The van der Waals surface area contributed by atoms with Crippen LogP contribution in [0.2, 0.25) is 0 Å². The maximum Gasteiger partial charge on any atom is 0.0750 e. The maximum absolute atomic E-state index is 2.18. The van der Waals surface area contributed by atoms with Crippen molar-refractivity contribution < 1.29 is 5.32 Å². The summed E-state index contributed by atoms with van der Waals surface area (Å²) in [6.07, 6.45) is 2.54. The molecule has 1 nitrogen and oxygen atoms in total. The van der Waals surface area contributed by atoms with Crippen molar-refractivity contribution in [1.29, 1.82) is 0 Å². The standard InChI is InChI=1S/C4H11N.C3H8.C2H6/c1-3-4-5-2;1-3-2;1-2/h5H,3-4H2,1-2H3;3H2,1-2H3;1-2H3/p+1. The van der Waals surface area contributed by atoms with Crippen molar-refractivity contribution in [1.82, 2.24) is 0 Å². The molecule has 0 spiro atoms. The molecular weight excluding hydrogens is 122 g/mol. The van der Waals surface area contributed by atoms with E-state index in [1.807, 2.05) is 13.8 Å². The zero-order valence-corrected chi connectivity index (χ0v) is 8.70. The second-order valence-corrected chi connectivity index (χ2v) is 1.90. The van der Waals surface area contributed by atoms with E-state index >= 15 is 0 Å². The Labute approximate surface area is 67.2 Å². The van der Waals surface area contributed by atoms with Crippen LogP contribution in [-0.4, -0.2) is 13.6 Å². The number of rotatable bonds is 2. The zero-order valence-electron chi connectivity index (χ0n) is 8.70. The minimum absolute atomic E-state index is 1.25. The molecule has 0 aliphatic heterocycles. The van der Waals surface area contributed by atoms with Gasteiger partial charge in [0.1, 0.15) is 0 Å². The van der Waals surface area contributed by atoms with E-state index in [4.69, 9.17) is 0 Å². The molecule has 0 bridgehead atoms. The zero-order chi connectivity index (χ0) is 8.83. The van der Waals surface area contributed by atoms with Crippen molar-refractivity contribution in [3.05, 3.63) is 0 Å². The lowest BCUT2D eigenvalue weighted by atomic mass is 10.5. The second-order valence-electron chi connectivity index (χ2n) is 1.90. The first-order valence-electron chi connectivity index (χ1n) is 4.61. The monoisotopic (exact) mass is 148 g/mol. The second kappa shape index (κ2) is 36.2. The summed E-state index contributed by atoms with van der Waals surface area (Å²) in [5, 5.41) is 2.18. The molecule has 0 aromatic carbocycles. The predicted octanol–water partition coefficient (Wildman–Crippen LogP) is 2.03. The summed E-state index contributed by atoms with van der Waals surface area (Å²) in [5.74, 6) is 0. The first-order chi connectivity index (χ1) is 4.83. The minimum Gasteiger partial charge on any atom is -0.349 e. The Bertz CT molecular complexity index is 18.7. The molecule has 0 saturated heterocycles. The van der Waals surface area contributed by atoms with Gasteiger partial charge in [-0.05, 0) is 6.42 Å². The average Bonchev–Trinajstić information content (AvgIpc) is 1.96. The van der Waals surface area contributed by atoms with Crippen LogP contribution in [0.3, 0.4) is 0 Å². The van der Waals surface area contributed by atoms with E-state index in [9.17, 15) is 0 Å². The van der Waals surface area contributed by atoms with Gasteiger partial charge in [-0.25, -0.2) is 0 Å². The van der Waals surface area contributed by atoms with Gasteiger partial charge in [0, 0.05) is 0 Å². The van der Waals surface area contributed by atoms with Crippen molar-refractivity contribution >= 4 is 0 Å². The van der Waals surface area contributed by atoms with Crippen molar-refractivity contribution in [2.75, 3.05) is 13.6 Å². The van der Waals surface area contributed by atoms with Crippen LogP contribution < -0.4 is 5.32 Å². The minimum atomic E-state index is 1.25. The van der Waals surface area contributed by atoms with Gasteiger partial charge in [0.2, 0.25) is 0 Å². The highest BCUT2D eigenvalue weighted by Crippen LogP contribution is 1.56. The van der Waals surface area contributed by atoms with E-state index < -0.39 is 0 Å². The van der Waals surface area contributed by atoms with Crippen LogP contribution in [0.15, 0.2) is 0 Å². The van der Waals surface area contributed by atoms with Gasteiger partial charge in [-0.15, -0.1) is 0 Å². The van der Waals surface area contributed by atoms with Crippen molar-refractivity contribution in [3.63, 3.8) is 0 Å². The average molecular weight is 148 g/mol. The highest BCUT2D eigenvalue weighted by atomic mass is 14.8. The SMILES string of the molecule is CC.CCC.CCC[NH2+]C. The molecule has 1 heteroatoms. The number of quaternary nitrogens is 1. The normalized spacial score (nSPS) is 6.60. The molecule has 0 rings (SSSR count). The Hall–Kier alpha value is -0.0400. The smallest absolute Gasteiger partial charge is 0.0750 e. The molecular formula is C9H26N+. The molecule has 0 unspecified atom stereocenters. The van der Waals surface area contributed by atoms with Crippen molar-refractivity contribution in [2.24, 2.45) is 0 Å². The molecule has 0 saturated carbocycles. The molecule has 2 N–H and O–H groups in total. The molecule has 10 heavy (non-hydrogen) atoms. The largest absolute Gasteiger partial charge is 0.349 e. The van der Waals surface area contributed by atoms with Crippen LogP contribution in [0.1, 0.15) is 47.5 Å². The van der Waals surface area contributed by atoms with Gasteiger partial charge in [-0.3, -0.25) is 0 Å². The Morgan fingerprint density at radius 1 is 1.00 bits per heavy atom. The lowest BCUT2D eigenvalue weighted by molar-refractivity contribution is -0.626. The van der Waals surface area contributed by atoms with Crippen LogP contribution >= 0.6 is 0 Å². The maximum atomic E-state index is 2.18. The molecule has 0 aromatic rings. The van der Waals surface area contributed by atoms with Crippen molar-refractivity contribution in [3.8, 4) is 0 Å². The Morgan fingerprint density at radius 2 is 1.30 bits per heavy atom. The van der Waals surface area contributed by atoms with Crippen LogP contribution in [0.5, 0.6) is 0 Å². The molecule has 0 aromatic heterocycles. The Balaban J connectivity index is -0.0000000847. The molecule has 0 amide bonds. The van der Waals surface area contributed by atoms with Gasteiger partial charge in [0.05, 0.1) is 13.6 Å². The molecule has 0 radical (unpaired) electrons. The summed E-state index contributed by atoms with van der Waals surface area (Å²) in [6.45, 7) is 11.7. The van der Waals surface area contributed by atoms with Crippen LogP contribution in [0, 0.1) is 0 Å². The third-order valence-electron chi connectivity index (χ3n) is 0.577. The Kier molecular flexibility index (Phi) is 59.8. The molecule has 66 valence electrons. The number of hydrogen-bond acceptors (Lipinski definition) is 0. The fourth-order valence-electron chi connectivity index (χ4n) is 0.289. The predicted molar refractivity (Wildman–Crippen MR) is 50.3 cm³/mol. The summed E-state index contributed by atoms with van der Waals surface area (Å²) >= 11 is 0. The third-order valence-corrected chi connectivity index (χ3v) is 0.577. The quantitative estimate of drug-likeness (QED) is 0.617. The molecule has 0 aliphatic rings. The highest BCUT2D eigenvalue weighted by Gasteiger charge is 1.68. The number of nitrogens with two attached hydrogens (primary N) is 1. The van der Waals surface area contributed by atoms with E-state index in [-0.39, 0.29) is 0 Å². The van der Waals surface area contributed by atoms with E-state index in [2.05, 4.69) is 33.1 Å². The highest BCUT2D eigenvalue weighted by molar-refractivity contribution is 4.09.